The van der Waals surface area contributed by atoms with Crippen LogP contribution in [0.3, 0.4) is 0 Å². The van der Waals surface area contributed by atoms with E-state index in [9.17, 15) is 8.42 Å². The number of aliphatic imine (C=N–C) groups is 1. The lowest BCUT2D eigenvalue weighted by molar-refractivity contribution is 0.260. The van der Waals surface area contributed by atoms with Gasteiger partial charge >= 0.3 is 0 Å². The van der Waals surface area contributed by atoms with Gasteiger partial charge in [-0.05, 0) is 37.1 Å². The molecule has 17 heavy (non-hydrogen) atoms. The molecule has 0 spiro atoms. The summed E-state index contributed by atoms with van der Waals surface area (Å²) in [5.74, 6) is 0.708. The van der Waals surface area contributed by atoms with E-state index in [-0.39, 0.29) is 4.90 Å². The van der Waals surface area contributed by atoms with Crippen molar-refractivity contribution in [1.82, 2.24) is 0 Å². The number of hydrogen-bond acceptors (Lipinski definition) is 4. The highest BCUT2D eigenvalue weighted by Gasteiger charge is 2.09. The molecule has 2 rings (SSSR count). The lowest BCUT2D eigenvalue weighted by Crippen LogP contribution is -2.12. The van der Waals surface area contributed by atoms with Crippen LogP contribution in [0.25, 0.3) is 0 Å². The number of nitrogens with two attached hydrogens (primary N) is 1. The first-order valence-electron chi connectivity index (χ1n) is 5.39. The highest BCUT2D eigenvalue weighted by atomic mass is 32.2. The number of hydrogen-bond donors (Lipinski definition) is 1. The summed E-state index contributed by atoms with van der Waals surface area (Å²) < 4.78 is 27.5. The highest BCUT2D eigenvalue weighted by Crippen LogP contribution is 2.18. The van der Waals surface area contributed by atoms with Gasteiger partial charge in [-0.1, -0.05) is 0 Å². The lowest BCUT2D eigenvalue weighted by atomic mass is 10.2. The van der Waals surface area contributed by atoms with E-state index in [1.807, 2.05) is 0 Å². The van der Waals surface area contributed by atoms with Crippen molar-refractivity contribution in [2.24, 2.45) is 10.1 Å². The molecule has 5 nitrogen and oxygen atoms in total. The highest BCUT2D eigenvalue weighted by molar-refractivity contribution is 7.89. The smallest absolute Gasteiger partial charge is 0.238 e. The SMILES string of the molecule is NS(=O)(=O)c1ccc(N=C2CCCCO2)cc1. The molecule has 1 aliphatic rings. The number of ether oxygens (including phenoxy) is 1. The second kappa shape index (κ2) is 4.85. The summed E-state index contributed by atoms with van der Waals surface area (Å²) in [4.78, 5) is 4.39. The van der Waals surface area contributed by atoms with Crippen molar-refractivity contribution < 1.29 is 13.2 Å². The molecular formula is C11H14N2O3S. The molecule has 1 fully saturated rings. The maximum absolute atomic E-state index is 11.1. The average molecular weight is 254 g/mol. The molecule has 0 unspecified atom stereocenters. The molecule has 1 aromatic carbocycles. The minimum absolute atomic E-state index is 0.0889. The molecule has 1 saturated heterocycles. The van der Waals surface area contributed by atoms with E-state index in [4.69, 9.17) is 9.88 Å². The van der Waals surface area contributed by atoms with E-state index in [1.54, 1.807) is 12.1 Å². The Labute approximate surface area is 100 Å². The van der Waals surface area contributed by atoms with Crippen molar-refractivity contribution >= 4 is 21.6 Å². The van der Waals surface area contributed by atoms with Crippen molar-refractivity contribution in [3.8, 4) is 0 Å². The fraction of sp³-hybridized carbons (Fsp3) is 0.364. The van der Waals surface area contributed by atoms with Gasteiger partial charge in [0.15, 0.2) is 5.90 Å². The second-order valence-electron chi connectivity index (χ2n) is 3.85. The summed E-state index contributed by atoms with van der Waals surface area (Å²) in [6.07, 6.45) is 2.97. The molecule has 0 radical (unpaired) electrons. The Morgan fingerprint density at radius 2 is 1.88 bits per heavy atom. The minimum Gasteiger partial charge on any atom is -0.481 e. The van der Waals surface area contributed by atoms with Gasteiger partial charge in [-0.2, -0.15) is 0 Å². The fourth-order valence-corrected chi connectivity index (χ4v) is 2.10. The second-order valence-corrected chi connectivity index (χ2v) is 5.41. The maximum Gasteiger partial charge on any atom is 0.238 e. The van der Waals surface area contributed by atoms with Gasteiger partial charge in [-0.3, -0.25) is 0 Å². The normalized spacial score (nSPS) is 19.0. The van der Waals surface area contributed by atoms with Gasteiger partial charge in [0.25, 0.3) is 0 Å². The largest absolute Gasteiger partial charge is 0.481 e. The number of benzene rings is 1. The maximum atomic E-state index is 11.1. The molecular weight excluding hydrogens is 240 g/mol. The van der Waals surface area contributed by atoms with E-state index in [2.05, 4.69) is 4.99 Å². The molecule has 0 aliphatic carbocycles. The molecule has 0 bridgehead atoms. The summed E-state index contributed by atoms with van der Waals surface area (Å²) in [7, 11) is -3.63. The third-order valence-electron chi connectivity index (χ3n) is 2.47. The van der Waals surface area contributed by atoms with Crippen molar-refractivity contribution in [1.29, 1.82) is 0 Å². The Balaban J connectivity index is 2.18. The topological polar surface area (TPSA) is 81.8 Å². The Morgan fingerprint density at radius 1 is 1.18 bits per heavy atom. The third-order valence-corrected chi connectivity index (χ3v) is 3.40. The van der Waals surface area contributed by atoms with Gasteiger partial charge in [0.05, 0.1) is 17.2 Å². The first-order valence-corrected chi connectivity index (χ1v) is 6.93. The molecule has 0 atom stereocenters. The summed E-state index contributed by atoms with van der Waals surface area (Å²) in [5, 5.41) is 5.00. The van der Waals surface area contributed by atoms with Crippen molar-refractivity contribution in [2.75, 3.05) is 6.61 Å². The van der Waals surface area contributed by atoms with E-state index >= 15 is 0 Å². The Bertz CT molecular complexity index is 512. The quantitative estimate of drug-likeness (QED) is 0.869. The zero-order chi connectivity index (χ0) is 12.3. The van der Waals surface area contributed by atoms with Crippen LogP contribution < -0.4 is 5.14 Å². The lowest BCUT2D eigenvalue weighted by Gasteiger charge is -2.14. The van der Waals surface area contributed by atoms with Crippen molar-refractivity contribution in [3.05, 3.63) is 24.3 Å². The molecule has 0 aromatic heterocycles. The first-order chi connectivity index (χ1) is 8.05. The molecule has 92 valence electrons. The number of rotatable bonds is 2. The Morgan fingerprint density at radius 3 is 2.41 bits per heavy atom. The molecule has 1 aromatic rings. The van der Waals surface area contributed by atoms with Crippen molar-refractivity contribution in [3.63, 3.8) is 0 Å². The van der Waals surface area contributed by atoms with Crippen LogP contribution in [0.2, 0.25) is 0 Å². The minimum atomic E-state index is -3.63. The van der Waals surface area contributed by atoms with Gasteiger partial charge < -0.3 is 4.74 Å². The van der Waals surface area contributed by atoms with Gasteiger partial charge in [0, 0.05) is 6.42 Å². The summed E-state index contributed by atoms with van der Waals surface area (Å²) in [6.45, 7) is 0.702. The Kier molecular flexibility index (Phi) is 3.44. The zero-order valence-electron chi connectivity index (χ0n) is 9.30. The molecule has 0 saturated carbocycles. The predicted molar refractivity (Wildman–Crippen MR) is 64.7 cm³/mol. The average Bonchev–Trinajstić information content (AvgIpc) is 2.30. The molecule has 6 heteroatoms. The van der Waals surface area contributed by atoms with Gasteiger partial charge in [-0.25, -0.2) is 18.5 Å². The van der Waals surface area contributed by atoms with Crippen LogP contribution in [0.1, 0.15) is 19.3 Å². The van der Waals surface area contributed by atoms with Crippen LogP contribution in [0.4, 0.5) is 5.69 Å². The predicted octanol–water partition coefficient (Wildman–Crippen LogP) is 1.56. The van der Waals surface area contributed by atoms with Crippen molar-refractivity contribution in [2.45, 2.75) is 24.2 Å². The van der Waals surface area contributed by atoms with E-state index in [1.165, 1.54) is 12.1 Å². The van der Waals surface area contributed by atoms with Crippen LogP contribution >= 0.6 is 0 Å². The monoisotopic (exact) mass is 254 g/mol. The van der Waals surface area contributed by atoms with Crippen LogP contribution in [-0.4, -0.2) is 20.9 Å². The number of nitrogens with zero attached hydrogens (tertiary/aromatic N) is 1. The van der Waals surface area contributed by atoms with E-state index < -0.39 is 10.0 Å². The van der Waals surface area contributed by atoms with Crippen LogP contribution in [-0.2, 0) is 14.8 Å². The van der Waals surface area contributed by atoms with Crippen LogP contribution in [0, 0.1) is 0 Å². The van der Waals surface area contributed by atoms with Gasteiger partial charge in [0.2, 0.25) is 10.0 Å². The van der Waals surface area contributed by atoms with E-state index in [0.717, 1.165) is 19.3 Å². The first kappa shape index (κ1) is 12.1. The standard InChI is InChI=1S/C11H14N2O3S/c12-17(14,15)10-6-4-9(5-7-10)13-11-3-1-2-8-16-11/h4-7H,1-3,8H2,(H2,12,14,15). The molecule has 0 amide bonds. The Hall–Kier alpha value is -1.40. The van der Waals surface area contributed by atoms with Gasteiger partial charge in [0.1, 0.15) is 0 Å². The molecule has 2 N–H and O–H groups in total. The molecule has 1 heterocycles. The van der Waals surface area contributed by atoms with E-state index in [0.29, 0.717) is 18.2 Å². The van der Waals surface area contributed by atoms with Gasteiger partial charge in [-0.15, -0.1) is 0 Å². The summed E-state index contributed by atoms with van der Waals surface area (Å²) in [6, 6.07) is 6.12. The number of primary sulfonamides is 1. The van der Waals surface area contributed by atoms with Crippen LogP contribution in [0.15, 0.2) is 34.2 Å². The molecule has 1 aliphatic heterocycles. The number of sulfonamides is 1. The van der Waals surface area contributed by atoms with Crippen LogP contribution in [0.5, 0.6) is 0 Å². The summed E-state index contributed by atoms with van der Waals surface area (Å²) >= 11 is 0. The fourth-order valence-electron chi connectivity index (χ4n) is 1.58. The third kappa shape index (κ3) is 3.28. The zero-order valence-corrected chi connectivity index (χ0v) is 10.1. The summed E-state index contributed by atoms with van der Waals surface area (Å²) in [5.41, 5.74) is 0.675.